The number of guanidine groups is 1. The number of benzene rings is 1. The summed E-state index contributed by atoms with van der Waals surface area (Å²) in [5, 5.41) is 23.6. The van der Waals surface area contributed by atoms with Crippen LogP contribution in [-0.2, 0) is 13.1 Å². The minimum Gasteiger partial charge on any atom is -0.352 e. The van der Waals surface area contributed by atoms with Gasteiger partial charge in [0, 0.05) is 19.8 Å². The van der Waals surface area contributed by atoms with Gasteiger partial charge in [-0.15, -0.1) is 34.2 Å². The zero-order chi connectivity index (χ0) is 16.8. The molecule has 0 amide bonds. The Balaban J connectivity index is 0.00000225. The maximum atomic E-state index is 8.81. The highest BCUT2D eigenvalue weighted by Crippen LogP contribution is 2.04. The van der Waals surface area contributed by atoms with Gasteiger partial charge in [-0.05, 0) is 29.8 Å². The molecule has 128 valence electrons. The molecule has 3 rings (SSSR count). The topological polar surface area (TPSA) is 90.4 Å². The summed E-state index contributed by atoms with van der Waals surface area (Å²) in [6.07, 6.45) is 1.93. The number of halogens is 1. The van der Waals surface area contributed by atoms with E-state index in [1.165, 1.54) is 0 Å². The van der Waals surface area contributed by atoms with E-state index in [-0.39, 0.29) is 24.0 Å². The summed E-state index contributed by atoms with van der Waals surface area (Å²) in [4.78, 5) is 4.20. The van der Waals surface area contributed by atoms with E-state index in [4.69, 9.17) is 5.26 Å². The van der Waals surface area contributed by atoms with Gasteiger partial charge in [-0.1, -0.05) is 18.2 Å². The highest BCUT2D eigenvalue weighted by atomic mass is 127. The minimum atomic E-state index is 0. The van der Waals surface area contributed by atoms with Crippen LogP contribution in [0.1, 0.15) is 17.0 Å². The summed E-state index contributed by atoms with van der Waals surface area (Å²) >= 11 is 0. The van der Waals surface area contributed by atoms with E-state index in [2.05, 4.69) is 31.9 Å². The molecule has 0 fully saturated rings. The van der Waals surface area contributed by atoms with Crippen molar-refractivity contribution in [1.82, 2.24) is 25.2 Å². The Kier molecular flexibility index (Phi) is 6.71. The molecule has 0 saturated carbocycles. The number of pyridine rings is 1. The van der Waals surface area contributed by atoms with Crippen LogP contribution in [0, 0.1) is 11.3 Å². The molecule has 8 heteroatoms. The summed E-state index contributed by atoms with van der Waals surface area (Å²) < 4.78 is 1.93. The summed E-state index contributed by atoms with van der Waals surface area (Å²) in [7, 11) is 1.72. The summed E-state index contributed by atoms with van der Waals surface area (Å²) in [5.74, 6) is 1.49. The van der Waals surface area contributed by atoms with Crippen LogP contribution >= 0.6 is 24.0 Å². The molecule has 0 atom stereocenters. The number of hydrogen-bond acceptors (Lipinski definition) is 4. The van der Waals surface area contributed by atoms with E-state index in [1.54, 1.807) is 19.2 Å². The normalized spacial score (nSPS) is 10.8. The van der Waals surface area contributed by atoms with E-state index in [1.807, 2.05) is 40.9 Å². The van der Waals surface area contributed by atoms with Crippen LogP contribution in [0.2, 0.25) is 0 Å². The predicted octanol–water partition coefficient (Wildman–Crippen LogP) is 2.08. The number of nitriles is 1. The second kappa shape index (κ2) is 8.98. The Hall–Kier alpha value is -2.67. The average molecular weight is 447 g/mol. The third kappa shape index (κ3) is 4.67. The molecule has 0 aliphatic carbocycles. The fraction of sp³-hybridized carbons (Fsp3) is 0.176. The molecule has 0 aliphatic rings. The van der Waals surface area contributed by atoms with Gasteiger partial charge in [0.25, 0.3) is 0 Å². The van der Waals surface area contributed by atoms with Crippen molar-refractivity contribution in [2.24, 2.45) is 4.99 Å². The predicted molar refractivity (Wildman–Crippen MR) is 107 cm³/mol. The van der Waals surface area contributed by atoms with Crippen molar-refractivity contribution in [1.29, 1.82) is 5.26 Å². The first-order valence-electron chi connectivity index (χ1n) is 7.52. The SMILES string of the molecule is CN=C(NCc1ccc(C#N)cc1)NCc1nnc2ccccn12.I. The Labute approximate surface area is 162 Å². The minimum absolute atomic E-state index is 0. The van der Waals surface area contributed by atoms with Crippen molar-refractivity contribution < 1.29 is 0 Å². The molecule has 25 heavy (non-hydrogen) atoms. The van der Waals surface area contributed by atoms with Crippen LogP contribution in [0.25, 0.3) is 5.65 Å². The van der Waals surface area contributed by atoms with Gasteiger partial charge >= 0.3 is 0 Å². The molecular weight excluding hydrogens is 429 g/mol. The highest BCUT2D eigenvalue weighted by Gasteiger charge is 2.05. The fourth-order valence-electron chi connectivity index (χ4n) is 2.28. The first-order valence-corrected chi connectivity index (χ1v) is 7.52. The van der Waals surface area contributed by atoms with E-state index < -0.39 is 0 Å². The van der Waals surface area contributed by atoms with Crippen LogP contribution in [0.4, 0.5) is 0 Å². The van der Waals surface area contributed by atoms with Crippen molar-refractivity contribution in [2.75, 3.05) is 7.05 Å². The summed E-state index contributed by atoms with van der Waals surface area (Å²) in [5.41, 5.74) is 2.54. The lowest BCUT2D eigenvalue weighted by molar-refractivity contribution is 0.762. The lowest BCUT2D eigenvalue weighted by atomic mass is 10.1. The van der Waals surface area contributed by atoms with Crippen molar-refractivity contribution in [3.05, 3.63) is 65.6 Å². The molecule has 0 bridgehead atoms. The number of nitrogens with one attached hydrogen (secondary N) is 2. The molecular formula is C17H18IN7. The number of fused-ring (bicyclic) bond motifs is 1. The number of nitrogens with zero attached hydrogens (tertiary/aromatic N) is 5. The van der Waals surface area contributed by atoms with E-state index in [0.29, 0.717) is 24.6 Å². The van der Waals surface area contributed by atoms with Crippen molar-refractivity contribution >= 4 is 35.6 Å². The third-order valence-corrected chi connectivity index (χ3v) is 3.56. The van der Waals surface area contributed by atoms with Gasteiger partial charge in [0.1, 0.15) is 0 Å². The maximum absolute atomic E-state index is 8.81. The van der Waals surface area contributed by atoms with Gasteiger partial charge in [0.2, 0.25) is 0 Å². The van der Waals surface area contributed by atoms with Crippen LogP contribution in [0.15, 0.2) is 53.7 Å². The number of rotatable bonds is 4. The molecule has 0 radical (unpaired) electrons. The lowest BCUT2D eigenvalue weighted by Crippen LogP contribution is -2.36. The first kappa shape index (κ1) is 18.7. The van der Waals surface area contributed by atoms with Crippen molar-refractivity contribution in [2.45, 2.75) is 13.1 Å². The molecule has 1 aromatic carbocycles. The van der Waals surface area contributed by atoms with Crippen LogP contribution < -0.4 is 10.6 Å². The number of aliphatic imine (C=N–C) groups is 1. The number of aromatic nitrogens is 3. The van der Waals surface area contributed by atoms with E-state index >= 15 is 0 Å². The smallest absolute Gasteiger partial charge is 0.191 e. The quantitative estimate of drug-likeness (QED) is 0.363. The fourth-order valence-corrected chi connectivity index (χ4v) is 2.28. The van der Waals surface area contributed by atoms with E-state index in [9.17, 15) is 0 Å². The van der Waals surface area contributed by atoms with Gasteiger partial charge in [0.05, 0.1) is 18.2 Å². The molecule has 2 heterocycles. The Morgan fingerprint density at radius 2 is 1.88 bits per heavy atom. The zero-order valence-corrected chi connectivity index (χ0v) is 16.0. The third-order valence-electron chi connectivity index (χ3n) is 3.56. The monoisotopic (exact) mass is 447 g/mol. The average Bonchev–Trinajstić information content (AvgIpc) is 3.05. The van der Waals surface area contributed by atoms with Gasteiger partial charge in [0.15, 0.2) is 17.4 Å². The molecule has 0 saturated heterocycles. The first-order chi connectivity index (χ1) is 11.8. The lowest BCUT2D eigenvalue weighted by Gasteiger charge is -2.11. The second-order valence-corrected chi connectivity index (χ2v) is 5.13. The molecule has 0 unspecified atom stereocenters. The van der Waals surface area contributed by atoms with Gasteiger partial charge in [-0.3, -0.25) is 9.39 Å². The van der Waals surface area contributed by atoms with Gasteiger partial charge < -0.3 is 10.6 Å². The molecule has 7 nitrogen and oxygen atoms in total. The summed E-state index contributed by atoms with van der Waals surface area (Å²) in [6.45, 7) is 1.13. The van der Waals surface area contributed by atoms with Crippen LogP contribution in [0.5, 0.6) is 0 Å². The van der Waals surface area contributed by atoms with E-state index in [0.717, 1.165) is 17.0 Å². The summed E-state index contributed by atoms with van der Waals surface area (Å²) in [6, 6.07) is 15.3. The Morgan fingerprint density at radius 1 is 1.12 bits per heavy atom. The standard InChI is InChI=1S/C17H17N7.HI/c1-19-17(20-11-14-7-5-13(10-18)6-8-14)21-12-16-23-22-15-4-2-3-9-24(15)16;/h2-9H,11-12H2,1H3,(H2,19,20,21);1H. The van der Waals surface area contributed by atoms with Crippen LogP contribution in [0.3, 0.4) is 0 Å². The highest BCUT2D eigenvalue weighted by molar-refractivity contribution is 14.0. The molecule has 3 aromatic rings. The maximum Gasteiger partial charge on any atom is 0.191 e. The van der Waals surface area contributed by atoms with Gasteiger partial charge in [-0.2, -0.15) is 5.26 Å². The second-order valence-electron chi connectivity index (χ2n) is 5.13. The zero-order valence-electron chi connectivity index (χ0n) is 13.7. The largest absolute Gasteiger partial charge is 0.352 e. The van der Waals surface area contributed by atoms with Crippen LogP contribution in [-0.4, -0.2) is 27.6 Å². The van der Waals surface area contributed by atoms with Gasteiger partial charge in [-0.25, -0.2) is 0 Å². The molecule has 0 aliphatic heterocycles. The molecule has 0 spiro atoms. The Bertz CT molecular complexity index is 893. The van der Waals surface area contributed by atoms with Crippen molar-refractivity contribution in [3.8, 4) is 6.07 Å². The Morgan fingerprint density at radius 3 is 2.60 bits per heavy atom. The molecule has 2 aromatic heterocycles. The number of hydrogen-bond donors (Lipinski definition) is 2. The molecule has 2 N–H and O–H groups in total. The van der Waals surface area contributed by atoms with Crippen molar-refractivity contribution in [3.63, 3.8) is 0 Å².